The van der Waals surface area contributed by atoms with Gasteiger partial charge < -0.3 is 10.4 Å². The molecule has 0 unspecified atom stereocenters. The number of rotatable bonds is 10. The number of nitrogens with zero attached hydrogens (tertiary/aromatic N) is 1. The quantitative estimate of drug-likeness (QED) is 0.495. The van der Waals surface area contributed by atoms with Gasteiger partial charge >= 0.3 is 5.97 Å². The van der Waals surface area contributed by atoms with Crippen molar-refractivity contribution in [2.24, 2.45) is 5.14 Å². The standard InChI is InChI=1S/C18H23N3O6S2/c1-28(24,25)21(10-9-14-5-7-17(8-6-14)29(19,26)27)13-15-3-2-4-16(11-15)20-12-18(22)23/h2-8,11,20H,9-10,12-13H2,1H3,(H,22,23)(H2,19,26,27). The largest absolute Gasteiger partial charge is 0.480 e. The van der Waals surface area contributed by atoms with Crippen LogP contribution in [0.1, 0.15) is 11.1 Å². The van der Waals surface area contributed by atoms with E-state index in [0.717, 1.165) is 11.8 Å². The molecule has 0 heterocycles. The first-order valence-electron chi connectivity index (χ1n) is 8.56. The lowest BCUT2D eigenvalue weighted by Crippen LogP contribution is -2.31. The Balaban J connectivity index is 2.09. The van der Waals surface area contributed by atoms with Gasteiger partial charge in [0, 0.05) is 18.8 Å². The summed E-state index contributed by atoms with van der Waals surface area (Å²) in [6.07, 6.45) is 1.50. The van der Waals surface area contributed by atoms with Crippen molar-refractivity contribution >= 4 is 31.7 Å². The molecule has 158 valence electrons. The Morgan fingerprint density at radius 3 is 2.28 bits per heavy atom. The fourth-order valence-corrected chi connectivity index (χ4v) is 3.94. The predicted molar refractivity (Wildman–Crippen MR) is 109 cm³/mol. The molecule has 0 atom stereocenters. The summed E-state index contributed by atoms with van der Waals surface area (Å²) < 4.78 is 48.3. The number of carbonyl (C=O) groups is 1. The van der Waals surface area contributed by atoms with Crippen LogP contribution in [0, 0.1) is 0 Å². The third-order valence-corrected chi connectivity index (χ3v) is 6.28. The van der Waals surface area contributed by atoms with Crippen molar-refractivity contribution in [1.82, 2.24) is 4.31 Å². The van der Waals surface area contributed by atoms with Gasteiger partial charge in [-0.3, -0.25) is 4.79 Å². The summed E-state index contributed by atoms with van der Waals surface area (Å²) >= 11 is 0. The van der Waals surface area contributed by atoms with E-state index in [1.165, 1.54) is 16.4 Å². The lowest BCUT2D eigenvalue weighted by molar-refractivity contribution is -0.134. The lowest BCUT2D eigenvalue weighted by Gasteiger charge is -2.20. The predicted octanol–water partition coefficient (Wildman–Crippen LogP) is 0.835. The Morgan fingerprint density at radius 1 is 1.07 bits per heavy atom. The normalized spacial score (nSPS) is 12.1. The van der Waals surface area contributed by atoms with Gasteiger partial charge in [0.05, 0.1) is 11.2 Å². The van der Waals surface area contributed by atoms with Gasteiger partial charge in [-0.2, -0.15) is 4.31 Å². The Kier molecular flexibility index (Phi) is 7.36. The first kappa shape index (κ1) is 22.8. The van der Waals surface area contributed by atoms with Crippen LogP contribution in [0.5, 0.6) is 0 Å². The summed E-state index contributed by atoms with van der Waals surface area (Å²) in [4.78, 5) is 10.7. The van der Waals surface area contributed by atoms with Crippen molar-refractivity contribution in [2.45, 2.75) is 17.9 Å². The van der Waals surface area contributed by atoms with E-state index in [1.54, 1.807) is 36.4 Å². The molecule has 0 spiro atoms. The van der Waals surface area contributed by atoms with Crippen LogP contribution in [0.2, 0.25) is 0 Å². The lowest BCUT2D eigenvalue weighted by atomic mass is 10.1. The molecule has 4 N–H and O–H groups in total. The summed E-state index contributed by atoms with van der Waals surface area (Å²) in [6.45, 7) is 0.0742. The van der Waals surface area contributed by atoms with Crippen molar-refractivity contribution in [3.8, 4) is 0 Å². The zero-order valence-corrected chi connectivity index (χ0v) is 17.4. The van der Waals surface area contributed by atoms with Gasteiger partial charge in [-0.15, -0.1) is 0 Å². The second-order valence-electron chi connectivity index (χ2n) is 6.48. The summed E-state index contributed by atoms with van der Waals surface area (Å²) in [6, 6.07) is 12.8. The van der Waals surface area contributed by atoms with Gasteiger partial charge in [0.1, 0.15) is 6.54 Å². The van der Waals surface area contributed by atoms with Gasteiger partial charge in [0.2, 0.25) is 20.0 Å². The first-order valence-corrected chi connectivity index (χ1v) is 12.0. The average molecular weight is 442 g/mol. The van der Waals surface area contributed by atoms with Crippen molar-refractivity contribution in [3.05, 3.63) is 59.7 Å². The number of nitrogens with two attached hydrogens (primary N) is 1. The van der Waals surface area contributed by atoms with Crippen molar-refractivity contribution in [3.63, 3.8) is 0 Å². The molecule has 2 aromatic rings. The van der Waals surface area contributed by atoms with Crippen LogP contribution in [0.15, 0.2) is 53.4 Å². The number of hydrogen-bond donors (Lipinski definition) is 3. The van der Waals surface area contributed by atoms with Crippen LogP contribution in [0.3, 0.4) is 0 Å². The number of carboxylic acid groups (broad SMARTS) is 1. The fraction of sp³-hybridized carbons (Fsp3) is 0.278. The number of carboxylic acids is 1. The number of nitrogens with one attached hydrogen (secondary N) is 1. The molecule has 11 heteroatoms. The van der Waals surface area contributed by atoms with E-state index >= 15 is 0 Å². The third-order valence-electron chi connectivity index (χ3n) is 4.10. The molecule has 0 amide bonds. The molecule has 0 aliphatic rings. The van der Waals surface area contributed by atoms with E-state index in [0.29, 0.717) is 17.7 Å². The second kappa shape index (κ2) is 9.35. The second-order valence-corrected chi connectivity index (χ2v) is 10.0. The van der Waals surface area contributed by atoms with Crippen LogP contribution < -0.4 is 10.5 Å². The molecule has 9 nitrogen and oxygen atoms in total. The minimum Gasteiger partial charge on any atom is -0.480 e. The number of aliphatic carboxylic acids is 1. The first-order chi connectivity index (χ1) is 13.4. The number of sulfonamides is 2. The van der Waals surface area contributed by atoms with Gasteiger partial charge in [-0.25, -0.2) is 22.0 Å². The molecular formula is C18H23N3O6S2. The highest BCUT2D eigenvalue weighted by molar-refractivity contribution is 7.89. The SMILES string of the molecule is CS(=O)(=O)N(CCc1ccc(S(N)(=O)=O)cc1)Cc1cccc(NCC(=O)O)c1. The smallest absolute Gasteiger partial charge is 0.322 e. The highest BCUT2D eigenvalue weighted by atomic mass is 32.2. The van der Waals surface area contributed by atoms with Gasteiger partial charge in [-0.05, 0) is 41.8 Å². The molecule has 0 aliphatic heterocycles. The van der Waals surface area contributed by atoms with Crippen molar-refractivity contribution in [2.75, 3.05) is 24.7 Å². The minimum atomic E-state index is -3.78. The van der Waals surface area contributed by atoms with E-state index in [-0.39, 0.29) is 24.5 Å². The number of anilines is 1. The van der Waals surface area contributed by atoms with Crippen molar-refractivity contribution < 1.29 is 26.7 Å². The van der Waals surface area contributed by atoms with Gasteiger partial charge in [0.15, 0.2) is 0 Å². The summed E-state index contributed by atoms with van der Waals surface area (Å²) in [5.74, 6) is -0.999. The maximum atomic E-state index is 12.2. The maximum Gasteiger partial charge on any atom is 0.322 e. The number of benzene rings is 2. The minimum absolute atomic E-state index is 0.00750. The highest BCUT2D eigenvalue weighted by Crippen LogP contribution is 2.16. The molecule has 0 bridgehead atoms. The van der Waals surface area contributed by atoms with Crippen LogP contribution >= 0.6 is 0 Å². The molecule has 2 aromatic carbocycles. The van der Waals surface area contributed by atoms with E-state index in [4.69, 9.17) is 10.2 Å². The molecule has 0 aromatic heterocycles. The Hall–Kier alpha value is -2.47. The topological polar surface area (TPSA) is 147 Å². The van der Waals surface area contributed by atoms with Gasteiger partial charge in [-0.1, -0.05) is 24.3 Å². The molecule has 2 rings (SSSR count). The summed E-state index contributed by atoms with van der Waals surface area (Å²) in [5, 5.41) is 16.6. The molecule has 0 fully saturated rings. The van der Waals surface area contributed by atoms with Crippen LogP contribution in [0.4, 0.5) is 5.69 Å². The Morgan fingerprint density at radius 2 is 1.72 bits per heavy atom. The Labute approximate surface area is 170 Å². The molecule has 0 saturated carbocycles. The zero-order chi connectivity index (χ0) is 21.7. The third kappa shape index (κ3) is 7.46. The summed E-state index contributed by atoms with van der Waals surface area (Å²) in [5.41, 5.74) is 2.05. The molecular weight excluding hydrogens is 418 g/mol. The fourth-order valence-electron chi connectivity index (χ4n) is 2.62. The molecule has 0 radical (unpaired) electrons. The van der Waals surface area contributed by atoms with E-state index < -0.39 is 26.0 Å². The van der Waals surface area contributed by atoms with E-state index in [9.17, 15) is 21.6 Å². The maximum absolute atomic E-state index is 12.2. The van der Waals surface area contributed by atoms with Crippen LogP contribution in [-0.4, -0.2) is 51.6 Å². The van der Waals surface area contributed by atoms with E-state index in [2.05, 4.69) is 5.32 Å². The van der Waals surface area contributed by atoms with Gasteiger partial charge in [0.25, 0.3) is 0 Å². The Bertz CT molecular complexity index is 1070. The highest BCUT2D eigenvalue weighted by Gasteiger charge is 2.17. The van der Waals surface area contributed by atoms with Crippen LogP contribution in [-0.2, 0) is 37.8 Å². The molecule has 0 aliphatic carbocycles. The number of hydrogen-bond acceptors (Lipinski definition) is 6. The molecule has 0 saturated heterocycles. The summed E-state index contributed by atoms with van der Waals surface area (Å²) in [7, 11) is -7.28. The molecule has 29 heavy (non-hydrogen) atoms. The van der Waals surface area contributed by atoms with Crippen LogP contribution in [0.25, 0.3) is 0 Å². The average Bonchev–Trinajstić information content (AvgIpc) is 2.62. The van der Waals surface area contributed by atoms with Crippen molar-refractivity contribution in [1.29, 1.82) is 0 Å². The monoisotopic (exact) mass is 441 g/mol. The zero-order valence-electron chi connectivity index (χ0n) is 15.8. The number of primary sulfonamides is 1. The van der Waals surface area contributed by atoms with E-state index in [1.807, 2.05) is 0 Å².